The van der Waals surface area contributed by atoms with E-state index in [-0.39, 0.29) is 36.1 Å². The van der Waals surface area contributed by atoms with Gasteiger partial charge in [-0.3, -0.25) is 9.78 Å². The number of rotatable bonds is 5. The highest BCUT2D eigenvalue weighted by molar-refractivity contribution is 5.92. The van der Waals surface area contributed by atoms with Crippen molar-refractivity contribution in [3.8, 4) is 0 Å². The molecule has 5 nitrogen and oxygen atoms in total. The first-order valence-electron chi connectivity index (χ1n) is 6.65. The van der Waals surface area contributed by atoms with E-state index in [2.05, 4.69) is 15.6 Å². The summed E-state index contributed by atoms with van der Waals surface area (Å²) in [5, 5.41) is 6.32. The standard InChI is InChI=1S/C14H21N3O2.2ClH/c1-19-11-14(5-8-15-9-6-14)10-17-13(18)12-4-2-3-7-16-12;;/h2-4,7,15H,5-6,8-11H2,1H3,(H,17,18);2*1H. The van der Waals surface area contributed by atoms with E-state index >= 15 is 0 Å². The lowest BCUT2D eigenvalue weighted by atomic mass is 9.79. The van der Waals surface area contributed by atoms with Gasteiger partial charge in [-0.2, -0.15) is 0 Å². The van der Waals surface area contributed by atoms with Gasteiger partial charge in [-0.1, -0.05) is 6.07 Å². The average molecular weight is 336 g/mol. The van der Waals surface area contributed by atoms with Crippen molar-refractivity contribution in [2.45, 2.75) is 12.8 Å². The number of carbonyl (C=O) groups excluding carboxylic acids is 1. The first-order valence-corrected chi connectivity index (χ1v) is 6.65. The van der Waals surface area contributed by atoms with Gasteiger partial charge in [-0.25, -0.2) is 0 Å². The molecule has 1 aliphatic heterocycles. The van der Waals surface area contributed by atoms with Crippen molar-refractivity contribution in [3.63, 3.8) is 0 Å². The molecular weight excluding hydrogens is 313 g/mol. The van der Waals surface area contributed by atoms with Crippen LogP contribution in [-0.4, -0.2) is 44.2 Å². The predicted octanol–water partition coefficient (Wildman–Crippen LogP) is 1.67. The van der Waals surface area contributed by atoms with E-state index in [0.717, 1.165) is 25.9 Å². The summed E-state index contributed by atoms with van der Waals surface area (Å²) < 4.78 is 5.33. The van der Waals surface area contributed by atoms with Crippen LogP contribution in [0.25, 0.3) is 0 Å². The number of ether oxygens (including phenoxy) is 1. The summed E-state index contributed by atoms with van der Waals surface area (Å²) >= 11 is 0. The van der Waals surface area contributed by atoms with Gasteiger partial charge in [0, 0.05) is 25.3 Å². The molecule has 1 aromatic rings. The fraction of sp³-hybridized carbons (Fsp3) is 0.571. The Bertz CT molecular complexity index is 406. The maximum atomic E-state index is 12.0. The maximum absolute atomic E-state index is 12.0. The highest BCUT2D eigenvalue weighted by Gasteiger charge is 2.32. The molecule has 21 heavy (non-hydrogen) atoms. The number of piperidine rings is 1. The number of methoxy groups -OCH3 is 1. The van der Waals surface area contributed by atoms with Gasteiger partial charge in [-0.05, 0) is 38.1 Å². The zero-order chi connectivity index (χ0) is 13.6. The fourth-order valence-corrected chi connectivity index (χ4v) is 2.49. The second kappa shape index (κ2) is 9.95. The minimum atomic E-state index is -0.116. The molecule has 0 saturated carbocycles. The highest BCUT2D eigenvalue weighted by atomic mass is 35.5. The lowest BCUT2D eigenvalue weighted by Gasteiger charge is -2.37. The molecule has 1 saturated heterocycles. The van der Waals surface area contributed by atoms with Gasteiger partial charge in [0.1, 0.15) is 5.69 Å². The summed E-state index contributed by atoms with van der Waals surface area (Å²) in [6.07, 6.45) is 3.66. The van der Waals surface area contributed by atoms with Crippen LogP contribution in [0.15, 0.2) is 24.4 Å². The fourth-order valence-electron chi connectivity index (χ4n) is 2.49. The molecule has 1 fully saturated rings. The minimum absolute atomic E-state index is 0. The molecule has 1 aromatic heterocycles. The molecule has 0 atom stereocenters. The van der Waals surface area contributed by atoms with Crippen molar-refractivity contribution in [3.05, 3.63) is 30.1 Å². The zero-order valence-electron chi connectivity index (χ0n) is 12.1. The van der Waals surface area contributed by atoms with Gasteiger partial charge in [0.05, 0.1) is 6.61 Å². The van der Waals surface area contributed by atoms with Gasteiger partial charge < -0.3 is 15.4 Å². The number of amides is 1. The summed E-state index contributed by atoms with van der Waals surface area (Å²) in [6, 6.07) is 5.34. The normalized spacial score (nSPS) is 16.2. The van der Waals surface area contributed by atoms with Crippen LogP contribution in [0.5, 0.6) is 0 Å². The smallest absolute Gasteiger partial charge is 0.269 e. The molecule has 0 aliphatic carbocycles. The Labute approximate surface area is 138 Å². The summed E-state index contributed by atoms with van der Waals surface area (Å²) in [4.78, 5) is 16.1. The number of halogens is 2. The topological polar surface area (TPSA) is 63.2 Å². The quantitative estimate of drug-likeness (QED) is 0.859. The van der Waals surface area contributed by atoms with E-state index < -0.39 is 0 Å². The second-order valence-electron chi connectivity index (χ2n) is 5.08. The molecule has 1 amide bonds. The number of hydrogen-bond donors (Lipinski definition) is 2. The van der Waals surface area contributed by atoms with E-state index in [0.29, 0.717) is 18.8 Å². The number of carbonyl (C=O) groups is 1. The molecular formula is C14H23Cl2N3O2. The first kappa shape index (κ1) is 20.1. The van der Waals surface area contributed by atoms with Crippen molar-refractivity contribution < 1.29 is 9.53 Å². The Morgan fingerprint density at radius 1 is 1.38 bits per heavy atom. The third-order valence-corrected chi connectivity index (χ3v) is 3.64. The van der Waals surface area contributed by atoms with E-state index in [1.165, 1.54) is 0 Å². The van der Waals surface area contributed by atoms with Crippen LogP contribution in [0.3, 0.4) is 0 Å². The number of pyridine rings is 1. The van der Waals surface area contributed by atoms with E-state index in [1.807, 2.05) is 6.07 Å². The summed E-state index contributed by atoms with van der Waals surface area (Å²) in [6.45, 7) is 3.26. The molecule has 120 valence electrons. The Hall–Kier alpha value is -0.880. The van der Waals surface area contributed by atoms with Crippen LogP contribution >= 0.6 is 24.8 Å². The van der Waals surface area contributed by atoms with E-state index in [4.69, 9.17) is 4.74 Å². The van der Waals surface area contributed by atoms with Crippen molar-refractivity contribution in [1.82, 2.24) is 15.6 Å². The molecule has 7 heteroatoms. The number of nitrogens with one attached hydrogen (secondary N) is 2. The third-order valence-electron chi connectivity index (χ3n) is 3.64. The van der Waals surface area contributed by atoms with Crippen LogP contribution in [-0.2, 0) is 4.74 Å². The lowest BCUT2D eigenvalue weighted by molar-refractivity contribution is 0.0511. The predicted molar refractivity (Wildman–Crippen MR) is 87.5 cm³/mol. The van der Waals surface area contributed by atoms with Crippen molar-refractivity contribution in [2.75, 3.05) is 33.4 Å². The SMILES string of the molecule is COCC1(CNC(=O)c2ccccn2)CCNCC1.Cl.Cl. The number of hydrogen-bond acceptors (Lipinski definition) is 4. The van der Waals surface area contributed by atoms with Crippen LogP contribution in [0, 0.1) is 5.41 Å². The van der Waals surface area contributed by atoms with Crippen LogP contribution < -0.4 is 10.6 Å². The summed E-state index contributed by atoms with van der Waals surface area (Å²) in [5.41, 5.74) is 0.508. The Kier molecular flexibility index (Phi) is 9.53. The molecule has 0 unspecified atom stereocenters. The largest absolute Gasteiger partial charge is 0.384 e. The highest BCUT2D eigenvalue weighted by Crippen LogP contribution is 2.28. The lowest BCUT2D eigenvalue weighted by Crippen LogP contribution is -2.47. The molecule has 2 rings (SSSR count). The summed E-state index contributed by atoms with van der Waals surface area (Å²) in [5.74, 6) is -0.116. The average Bonchev–Trinajstić information content (AvgIpc) is 2.47. The molecule has 0 spiro atoms. The van der Waals surface area contributed by atoms with Gasteiger partial charge in [0.15, 0.2) is 0 Å². The molecule has 0 bridgehead atoms. The van der Waals surface area contributed by atoms with E-state index in [1.54, 1.807) is 25.4 Å². The zero-order valence-corrected chi connectivity index (χ0v) is 13.8. The maximum Gasteiger partial charge on any atom is 0.269 e. The van der Waals surface area contributed by atoms with Crippen molar-refractivity contribution >= 4 is 30.7 Å². The Morgan fingerprint density at radius 3 is 2.67 bits per heavy atom. The Balaban J connectivity index is 0.00000200. The Morgan fingerprint density at radius 2 is 2.10 bits per heavy atom. The third kappa shape index (κ3) is 5.79. The van der Waals surface area contributed by atoms with Gasteiger partial charge in [0.25, 0.3) is 5.91 Å². The molecule has 1 aliphatic rings. The molecule has 2 N–H and O–H groups in total. The van der Waals surface area contributed by atoms with E-state index in [9.17, 15) is 4.79 Å². The van der Waals surface area contributed by atoms with Gasteiger partial charge >= 0.3 is 0 Å². The summed E-state index contributed by atoms with van der Waals surface area (Å²) in [7, 11) is 1.71. The van der Waals surface area contributed by atoms with Gasteiger partial charge in [-0.15, -0.1) is 24.8 Å². The monoisotopic (exact) mass is 335 g/mol. The first-order chi connectivity index (χ1) is 9.26. The van der Waals surface area contributed by atoms with Crippen molar-refractivity contribution in [1.29, 1.82) is 0 Å². The molecule has 0 radical (unpaired) electrons. The van der Waals surface area contributed by atoms with Crippen LogP contribution in [0.1, 0.15) is 23.3 Å². The van der Waals surface area contributed by atoms with Gasteiger partial charge in [0.2, 0.25) is 0 Å². The molecule has 2 heterocycles. The second-order valence-corrected chi connectivity index (χ2v) is 5.08. The minimum Gasteiger partial charge on any atom is -0.384 e. The van der Waals surface area contributed by atoms with Crippen LogP contribution in [0.2, 0.25) is 0 Å². The number of nitrogens with zero attached hydrogens (tertiary/aromatic N) is 1. The molecule has 0 aromatic carbocycles. The van der Waals surface area contributed by atoms with Crippen LogP contribution in [0.4, 0.5) is 0 Å². The number of aromatic nitrogens is 1. The van der Waals surface area contributed by atoms with Crippen molar-refractivity contribution in [2.24, 2.45) is 5.41 Å².